The van der Waals surface area contributed by atoms with Crippen molar-refractivity contribution in [3.63, 3.8) is 0 Å². The van der Waals surface area contributed by atoms with Gasteiger partial charge in [0, 0.05) is 25.7 Å². The molecule has 0 saturated heterocycles. The molecule has 5 unspecified atom stereocenters. The van der Waals surface area contributed by atoms with Crippen molar-refractivity contribution in [1.29, 1.82) is 0 Å². The first-order chi connectivity index (χ1) is 50.2. The molecule has 0 aromatic heterocycles. The molecule has 104 heavy (non-hydrogen) atoms. The summed E-state index contributed by atoms with van der Waals surface area (Å²) in [5.41, 5.74) is 0. The standard InChI is InChI=1S/C85H166O17P2/c1-9-77(7)63-55-47-39-30-26-22-18-13-11-12-14-20-24-28-32-43-51-59-67-84(89)101-80(71-95-82(87)65-57-49-41-31-27-23-19-16-15-17-21-25-29-37-45-53-61-75(3)4)73-99-103(91,92)97-69-79(86)70-98-104(93,94)100-74-81(72-96-83(88)66-58-50-42-35-33-38-46-54-62-76(5)6)102-85(90)68-60-52-44-36-34-40-48-56-64-78(8)10-2/h75-81,86H,9-74H2,1-8H3,(H,91,92)(H,93,94)/t77?,78?,79?,80-,81-/m1/s1. The third-order valence-corrected chi connectivity index (χ3v) is 22.4. The SMILES string of the molecule is CCC(C)CCCCCCCCCCCCCCCCCCCCC(=O)O[C@H](COC(=O)CCCCCCCCCCCCCCCCCCC(C)C)COP(=O)(O)OCC(O)COP(=O)(O)OC[C@@H](COC(=O)CCCCCCCCCCC(C)C)OC(=O)CCCCCCCCCCC(C)CC. The minimum absolute atomic E-state index is 0.104. The highest BCUT2D eigenvalue weighted by atomic mass is 31.2. The zero-order valence-corrected chi connectivity index (χ0v) is 70.5. The van der Waals surface area contributed by atoms with Crippen molar-refractivity contribution < 1.29 is 80.2 Å². The monoisotopic (exact) mass is 1520 g/mol. The molecule has 17 nitrogen and oxygen atoms in total. The van der Waals surface area contributed by atoms with Gasteiger partial charge in [-0.15, -0.1) is 0 Å². The molecule has 0 aliphatic rings. The van der Waals surface area contributed by atoms with E-state index in [-0.39, 0.29) is 25.7 Å². The van der Waals surface area contributed by atoms with Crippen LogP contribution in [0.25, 0.3) is 0 Å². The molecule has 0 aromatic carbocycles. The fourth-order valence-electron chi connectivity index (χ4n) is 13.1. The highest BCUT2D eigenvalue weighted by Crippen LogP contribution is 2.45. The Morgan fingerprint density at radius 2 is 0.462 bits per heavy atom. The molecule has 0 amide bonds. The molecule has 0 aromatic rings. The highest BCUT2D eigenvalue weighted by molar-refractivity contribution is 7.47. The lowest BCUT2D eigenvalue weighted by Crippen LogP contribution is -2.30. The van der Waals surface area contributed by atoms with E-state index in [0.717, 1.165) is 114 Å². The molecule has 0 saturated carbocycles. The molecule has 0 bridgehead atoms. The van der Waals surface area contributed by atoms with Gasteiger partial charge in [0.1, 0.15) is 19.3 Å². The third kappa shape index (κ3) is 75.5. The lowest BCUT2D eigenvalue weighted by Gasteiger charge is -2.21. The molecule has 3 N–H and O–H groups in total. The van der Waals surface area contributed by atoms with Crippen LogP contribution in [0.4, 0.5) is 0 Å². The van der Waals surface area contributed by atoms with Gasteiger partial charge in [-0.3, -0.25) is 37.3 Å². The maximum absolute atomic E-state index is 13.1. The van der Waals surface area contributed by atoms with Gasteiger partial charge in [-0.05, 0) is 49.4 Å². The Morgan fingerprint density at radius 1 is 0.269 bits per heavy atom. The maximum atomic E-state index is 13.1. The molecule has 618 valence electrons. The molecule has 0 fully saturated rings. The van der Waals surface area contributed by atoms with Crippen molar-refractivity contribution in [2.75, 3.05) is 39.6 Å². The summed E-state index contributed by atoms with van der Waals surface area (Å²) in [7, 11) is -9.93. The van der Waals surface area contributed by atoms with Crippen LogP contribution in [0.2, 0.25) is 0 Å². The van der Waals surface area contributed by atoms with Gasteiger partial charge < -0.3 is 33.8 Å². The van der Waals surface area contributed by atoms with Gasteiger partial charge in [-0.25, -0.2) is 9.13 Å². The van der Waals surface area contributed by atoms with Crippen molar-refractivity contribution in [2.24, 2.45) is 23.7 Å². The fourth-order valence-corrected chi connectivity index (χ4v) is 14.7. The minimum atomic E-state index is -4.97. The van der Waals surface area contributed by atoms with E-state index >= 15 is 0 Å². The summed E-state index contributed by atoms with van der Waals surface area (Å²) in [5, 5.41) is 10.7. The van der Waals surface area contributed by atoms with Gasteiger partial charge in [-0.1, -0.05) is 389 Å². The third-order valence-electron chi connectivity index (χ3n) is 20.5. The summed E-state index contributed by atoms with van der Waals surface area (Å²) in [5.74, 6) is 1.07. The summed E-state index contributed by atoms with van der Waals surface area (Å²) >= 11 is 0. The van der Waals surface area contributed by atoms with E-state index in [0.29, 0.717) is 25.7 Å². The Bertz CT molecular complexity index is 2030. The average molecular weight is 1520 g/mol. The van der Waals surface area contributed by atoms with Crippen LogP contribution in [-0.2, 0) is 65.4 Å². The molecule has 0 rings (SSSR count). The van der Waals surface area contributed by atoms with E-state index in [1.807, 2.05) is 0 Å². The zero-order valence-electron chi connectivity index (χ0n) is 68.7. The van der Waals surface area contributed by atoms with Crippen molar-refractivity contribution in [2.45, 2.75) is 459 Å². The number of aliphatic hydroxyl groups is 1. The number of carbonyl (C=O) groups is 4. The number of carbonyl (C=O) groups excluding carboxylic acids is 4. The first-order valence-electron chi connectivity index (χ1n) is 43.8. The number of aliphatic hydroxyl groups excluding tert-OH is 1. The number of ether oxygens (including phenoxy) is 4. The number of hydrogen-bond donors (Lipinski definition) is 3. The van der Waals surface area contributed by atoms with E-state index in [1.54, 1.807) is 0 Å². The normalized spacial score (nSPS) is 14.5. The van der Waals surface area contributed by atoms with Crippen molar-refractivity contribution in [3.8, 4) is 0 Å². The topological polar surface area (TPSA) is 237 Å². The van der Waals surface area contributed by atoms with Crippen molar-refractivity contribution in [3.05, 3.63) is 0 Å². The number of phosphoric ester groups is 2. The Balaban J connectivity index is 5.22. The van der Waals surface area contributed by atoms with Crippen LogP contribution in [0.15, 0.2) is 0 Å². The maximum Gasteiger partial charge on any atom is 0.472 e. The summed E-state index contributed by atoms with van der Waals surface area (Å²) in [6.07, 6.45) is 62.5. The summed E-state index contributed by atoms with van der Waals surface area (Å²) in [4.78, 5) is 73.1. The smallest absolute Gasteiger partial charge is 0.462 e. The predicted molar refractivity (Wildman–Crippen MR) is 428 cm³/mol. The van der Waals surface area contributed by atoms with Crippen LogP contribution >= 0.6 is 15.6 Å². The second-order valence-corrected chi connectivity index (χ2v) is 34.9. The molecule has 7 atom stereocenters. The molecule has 0 spiro atoms. The van der Waals surface area contributed by atoms with Crippen LogP contribution in [0, 0.1) is 23.7 Å². The molecular formula is C85H166O17P2. The highest BCUT2D eigenvalue weighted by Gasteiger charge is 2.30. The molecule has 0 radical (unpaired) electrons. The summed E-state index contributed by atoms with van der Waals surface area (Å²) < 4.78 is 68.8. The van der Waals surface area contributed by atoms with E-state index < -0.39 is 97.5 Å². The van der Waals surface area contributed by atoms with Crippen LogP contribution in [0.3, 0.4) is 0 Å². The zero-order chi connectivity index (χ0) is 76.7. The lowest BCUT2D eigenvalue weighted by molar-refractivity contribution is -0.161. The molecule has 0 aliphatic carbocycles. The van der Waals surface area contributed by atoms with Gasteiger partial charge in [0.15, 0.2) is 12.2 Å². The first kappa shape index (κ1) is 102. The number of phosphoric acid groups is 2. The Hall–Kier alpha value is -1.94. The quantitative estimate of drug-likeness (QED) is 0.0222. The van der Waals surface area contributed by atoms with Crippen LogP contribution in [0.1, 0.15) is 441 Å². The molecular weight excluding hydrogens is 1350 g/mol. The van der Waals surface area contributed by atoms with E-state index in [4.69, 9.17) is 37.0 Å². The Labute approximate surface area is 638 Å². The lowest BCUT2D eigenvalue weighted by atomic mass is 9.99. The van der Waals surface area contributed by atoms with Gasteiger partial charge in [0.2, 0.25) is 0 Å². The van der Waals surface area contributed by atoms with Crippen molar-refractivity contribution >= 4 is 39.5 Å². The molecule has 0 heterocycles. The summed E-state index contributed by atoms with van der Waals surface area (Å²) in [6, 6.07) is 0. The van der Waals surface area contributed by atoms with E-state index in [1.165, 1.54) is 244 Å². The van der Waals surface area contributed by atoms with Gasteiger partial charge in [-0.2, -0.15) is 0 Å². The first-order valence-corrected chi connectivity index (χ1v) is 46.8. The summed E-state index contributed by atoms with van der Waals surface area (Å²) in [6.45, 7) is 14.3. The van der Waals surface area contributed by atoms with Gasteiger partial charge in [0.05, 0.1) is 26.4 Å². The second kappa shape index (κ2) is 73.8. The van der Waals surface area contributed by atoms with Gasteiger partial charge in [0.25, 0.3) is 0 Å². The molecule has 19 heteroatoms. The van der Waals surface area contributed by atoms with Gasteiger partial charge >= 0.3 is 39.5 Å². The Morgan fingerprint density at radius 3 is 0.683 bits per heavy atom. The van der Waals surface area contributed by atoms with E-state index in [9.17, 15) is 43.2 Å². The minimum Gasteiger partial charge on any atom is -0.462 e. The number of unbranched alkanes of at least 4 members (excludes halogenated alkanes) is 46. The Kier molecular flexibility index (Phi) is 72.5. The number of rotatable bonds is 82. The fraction of sp³-hybridized carbons (Fsp3) is 0.953. The average Bonchev–Trinajstić information content (AvgIpc) is 0.903. The molecule has 0 aliphatic heterocycles. The van der Waals surface area contributed by atoms with Crippen molar-refractivity contribution in [1.82, 2.24) is 0 Å². The van der Waals surface area contributed by atoms with Crippen LogP contribution in [0.5, 0.6) is 0 Å². The number of esters is 4. The largest absolute Gasteiger partial charge is 0.472 e. The second-order valence-electron chi connectivity index (χ2n) is 32.0. The van der Waals surface area contributed by atoms with Crippen LogP contribution in [-0.4, -0.2) is 96.7 Å². The van der Waals surface area contributed by atoms with E-state index in [2.05, 4.69) is 55.4 Å². The predicted octanol–water partition coefficient (Wildman–Crippen LogP) is 25.6. The number of hydrogen-bond acceptors (Lipinski definition) is 15. The van der Waals surface area contributed by atoms with Crippen LogP contribution < -0.4 is 0 Å².